The number of ketones is 1. The predicted molar refractivity (Wildman–Crippen MR) is 131 cm³/mol. The summed E-state index contributed by atoms with van der Waals surface area (Å²) in [5.74, 6) is -0.135. The summed E-state index contributed by atoms with van der Waals surface area (Å²) in [6.45, 7) is 4.10. The molecule has 0 aromatic heterocycles. The van der Waals surface area contributed by atoms with Crippen LogP contribution in [-0.4, -0.2) is 32.9 Å². The number of carbonyl (C=O) groups is 2. The van der Waals surface area contributed by atoms with E-state index in [0.29, 0.717) is 23.4 Å². The Balaban J connectivity index is 1.69. The number of benzene rings is 3. The minimum Gasteiger partial charge on any atom is -0.351 e. The summed E-state index contributed by atoms with van der Waals surface area (Å²) in [4.78, 5) is 24.2. The number of nitrogens with one attached hydrogen (secondary N) is 1. The molecule has 0 saturated carbocycles. The molecule has 1 amide bonds. The van der Waals surface area contributed by atoms with Crippen molar-refractivity contribution in [1.82, 2.24) is 5.32 Å². The number of amides is 1. The highest BCUT2D eigenvalue weighted by Gasteiger charge is 2.19. The number of anilines is 1. The molecule has 0 heterocycles. The van der Waals surface area contributed by atoms with Gasteiger partial charge in [0.25, 0.3) is 5.91 Å². The van der Waals surface area contributed by atoms with Crippen LogP contribution in [0.3, 0.4) is 0 Å². The average molecular weight is 465 g/mol. The molecule has 0 fully saturated rings. The summed E-state index contributed by atoms with van der Waals surface area (Å²) >= 11 is 0. The minimum atomic E-state index is -3.59. The predicted octanol–water partition coefficient (Wildman–Crippen LogP) is 4.39. The maximum Gasteiger partial charge on any atom is 0.251 e. The van der Waals surface area contributed by atoms with Crippen molar-refractivity contribution in [2.75, 3.05) is 17.1 Å². The van der Waals surface area contributed by atoms with Gasteiger partial charge in [-0.05, 0) is 48.2 Å². The zero-order valence-corrected chi connectivity index (χ0v) is 19.8. The quantitative estimate of drug-likeness (QED) is 0.476. The maximum atomic E-state index is 12.5. The largest absolute Gasteiger partial charge is 0.351 e. The first-order valence-electron chi connectivity index (χ1n) is 10.7. The molecule has 3 aromatic carbocycles. The Labute approximate surface area is 195 Å². The van der Waals surface area contributed by atoms with E-state index in [1.165, 1.54) is 11.2 Å². The Kier molecular flexibility index (Phi) is 7.66. The van der Waals surface area contributed by atoms with Gasteiger partial charge in [0.05, 0.1) is 18.5 Å². The zero-order chi connectivity index (χ0) is 24.0. The van der Waals surface area contributed by atoms with Gasteiger partial charge >= 0.3 is 0 Å². The first-order valence-corrected chi connectivity index (χ1v) is 12.5. The molecule has 6 nitrogen and oxygen atoms in total. The van der Waals surface area contributed by atoms with Gasteiger partial charge in [0, 0.05) is 17.7 Å². The molecular formula is C26H28N2O4S. The molecule has 0 spiro atoms. The van der Waals surface area contributed by atoms with Gasteiger partial charge < -0.3 is 5.32 Å². The lowest BCUT2D eigenvalue weighted by Crippen LogP contribution is -2.29. The highest BCUT2D eigenvalue weighted by atomic mass is 32.2. The maximum absolute atomic E-state index is 12.5. The Morgan fingerprint density at radius 2 is 1.58 bits per heavy atom. The van der Waals surface area contributed by atoms with Gasteiger partial charge in [-0.15, -0.1) is 0 Å². The summed E-state index contributed by atoms with van der Waals surface area (Å²) in [7, 11) is -3.59. The van der Waals surface area contributed by atoms with E-state index in [2.05, 4.69) is 12.2 Å². The molecule has 3 aromatic rings. The number of hydrogen-bond acceptors (Lipinski definition) is 4. The van der Waals surface area contributed by atoms with Crippen LogP contribution in [0, 0.1) is 0 Å². The lowest BCUT2D eigenvalue weighted by atomic mass is 10.0. The van der Waals surface area contributed by atoms with Crippen molar-refractivity contribution in [2.24, 2.45) is 0 Å². The van der Waals surface area contributed by atoms with Crippen LogP contribution in [0.4, 0.5) is 5.69 Å². The summed E-state index contributed by atoms with van der Waals surface area (Å²) in [6, 6.07) is 23.4. The highest BCUT2D eigenvalue weighted by Crippen LogP contribution is 2.22. The standard InChI is InChI=1S/C26H28N2O4S/c1-19(22-8-5-4-6-9-22)17-27-26(30)23-14-12-21(13-15-23)18-28(33(3,31)32)25-11-7-10-24(16-25)20(2)29/h4-16,19H,17-18H2,1-3H3,(H,27,30). The van der Waals surface area contributed by atoms with Crippen LogP contribution < -0.4 is 9.62 Å². The summed E-state index contributed by atoms with van der Waals surface area (Å²) < 4.78 is 26.1. The fourth-order valence-corrected chi connectivity index (χ4v) is 4.33. The van der Waals surface area contributed by atoms with E-state index in [1.807, 2.05) is 30.3 Å². The molecule has 33 heavy (non-hydrogen) atoms. The average Bonchev–Trinajstić information content (AvgIpc) is 2.81. The first-order chi connectivity index (χ1) is 15.6. The first kappa shape index (κ1) is 24.2. The normalized spacial score (nSPS) is 12.1. The molecule has 1 N–H and O–H groups in total. The van der Waals surface area contributed by atoms with Gasteiger partial charge in [-0.2, -0.15) is 0 Å². The van der Waals surface area contributed by atoms with Crippen molar-refractivity contribution >= 4 is 27.4 Å². The fraction of sp³-hybridized carbons (Fsp3) is 0.231. The number of sulfonamides is 1. The van der Waals surface area contributed by atoms with E-state index in [1.54, 1.807) is 48.5 Å². The van der Waals surface area contributed by atoms with Crippen LogP contribution in [0.5, 0.6) is 0 Å². The lowest BCUT2D eigenvalue weighted by molar-refractivity contribution is 0.0950. The summed E-state index contributed by atoms with van der Waals surface area (Å²) in [6.07, 6.45) is 1.13. The van der Waals surface area contributed by atoms with E-state index >= 15 is 0 Å². The number of carbonyl (C=O) groups excluding carboxylic acids is 2. The van der Waals surface area contributed by atoms with E-state index < -0.39 is 10.0 Å². The minimum absolute atomic E-state index is 0.0904. The van der Waals surface area contributed by atoms with Gasteiger partial charge in [0.15, 0.2) is 5.78 Å². The summed E-state index contributed by atoms with van der Waals surface area (Å²) in [5.41, 5.74) is 3.24. The Bertz CT molecular complexity index is 1220. The molecule has 0 aliphatic carbocycles. The van der Waals surface area contributed by atoms with Crippen molar-refractivity contribution in [3.8, 4) is 0 Å². The van der Waals surface area contributed by atoms with Gasteiger partial charge in [-0.3, -0.25) is 13.9 Å². The van der Waals surface area contributed by atoms with E-state index in [-0.39, 0.29) is 24.2 Å². The Morgan fingerprint density at radius 3 is 2.18 bits per heavy atom. The van der Waals surface area contributed by atoms with E-state index in [4.69, 9.17) is 0 Å². The number of nitrogens with zero attached hydrogens (tertiary/aromatic N) is 1. The SMILES string of the molecule is CC(=O)c1cccc(N(Cc2ccc(C(=O)NCC(C)c3ccccc3)cc2)S(C)(=O)=O)c1. The van der Waals surface area contributed by atoms with E-state index in [0.717, 1.165) is 17.4 Å². The summed E-state index contributed by atoms with van der Waals surface area (Å²) in [5, 5.41) is 2.95. The Hall–Kier alpha value is -3.45. The smallest absolute Gasteiger partial charge is 0.251 e. The van der Waals surface area contributed by atoms with Crippen molar-refractivity contribution in [1.29, 1.82) is 0 Å². The molecule has 1 unspecified atom stereocenters. The monoisotopic (exact) mass is 464 g/mol. The van der Waals surface area contributed by atoms with Gasteiger partial charge in [-0.25, -0.2) is 8.42 Å². The molecular weight excluding hydrogens is 436 g/mol. The second-order valence-corrected chi connectivity index (χ2v) is 10.0. The second kappa shape index (κ2) is 10.4. The van der Waals surface area contributed by atoms with Gasteiger partial charge in [0.1, 0.15) is 0 Å². The van der Waals surface area contributed by atoms with Crippen molar-refractivity contribution in [2.45, 2.75) is 26.3 Å². The van der Waals surface area contributed by atoms with Crippen LogP contribution in [0.25, 0.3) is 0 Å². The van der Waals surface area contributed by atoms with Crippen LogP contribution >= 0.6 is 0 Å². The van der Waals surface area contributed by atoms with Crippen molar-refractivity contribution < 1.29 is 18.0 Å². The topological polar surface area (TPSA) is 83.6 Å². The van der Waals surface area contributed by atoms with Crippen molar-refractivity contribution in [3.63, 3.8) is 0 Å². The third-order valence-corrected chi connectivity index (χ3v) is 6.56. The lowest BCUT2D eigenvalue weighted by Gasteiger charge is -2.23. The molecule has 3 rings (SSSR count). The van der Waals surface area contributed by atoms with Crippen molar-refractivity contribution in [3.05, 3.63) is 101 Å². The van der Waals surface area contributed by atoms with Crippen LogP contribution in [0.2, 0.25) is 0 Å². The molecule has 0 radical (unpaired) electrons. The second-order valence-electron chi connectivity index (χ2n) is 8.09. The molecule has 0 bridgehead atoms. The third-order valence-electron chi connectivity index (χ3n) is 5.42. The molecule has 1 atom stereocenters. The van der Waals surface area contributed by atoms with Crippen LogP contribution in [-0.2, 0) is 16.6 Å². The number of rotatable bonds is 9. The number of hydrogen-bond donors (Lipinski definition) is 1. The molecule has 0 aliphatic rings. The molecule has 7 heteroatoms. The van der Waals surface area contributed by atoms with Gasteiger partial charge in [0.2, 0.25) is 10.0 Å². The molecule has 172 valence electrons. The zero-order valence-electron chi connectivity index (χ0n) is 19.0. The van der Waals surface area contributed by atoms with E-state index in [9.17, 15) is 18.0 Å². The molecule has 0 aliphatic heterocycles. The third kappa shape index (κ3) is 6.52. The number of Topliss-reactive ketones (excluding diaryl/α,β-unsaturated/α-hetero) is 1. The fourth-order valence-electron chi connectivity index (χ4n) is 3.45. The highest BCUT2D eigenvalue weighted by molar-refractivity contribution is 7.92. The van der Waals surface area contributed by atoms with Crippen LogP contribution in [0.15, 0.2) is 78.9 Å². The van der Waals surface area contributed by atoms with Gasteiger partial charge in [-0.1, -0.05) is 61.5 Å². The Morgan fingerprint density at radius 1 is 0.909 bits per heavy atom. The van der Waals surface area contributed by atoms with Crippen LogP contribution in [0.1, 0.15) is 51.6 Å². The molecule has 0 saturated heterocycles.